The molecule has 0 radical (unpaired) electrons. The van der Waals surface area contributed by atoms with Crippen molar-refractivity contribution in [1.82, 2.24) is 10.2 Å². The Morgan fingerprint density at radius 1 is 1.19 bits per heavy atom. The minimum absolute atomic E-state index is 0.0307. The summed E-state index contributed by atoms with van der Waals surface area (Å²) < 4.78 is 0. The molecule has 0 aliphatic carbocycles. The Labute approximate surface area is 101 Å². The van der Waals surface area contributed by atoms with Crippen molar-refractivity contribution in [2.24, 2.45) is 0 Å². The highest BCUT2D eigenvalue weighted by Crippen LogP contribution is 2.06. The minimum atomic E-state index is -0.0577. The van der Waals surface area contributed by atoms with E-state index in [1.165, 1.54) is 0 Å². The molecule has 1 rings (SSSR count). The normalized spacial score (nSPS) is 15.2. The maximum Gasteiger partial charge on any atom is 0.241 e. The molecule has 92 valence electrons. The first-order valence-corrected chi connectivity index (χ1v) is 6.38. The Bertz CT molecular complexity index is 240. The average Bonchev–Trinajstić information content (AvgIpc) is 2.79. The fourth-order valence-electron chi connectivity index (χ4n) is 1.72. The lowest BCUT2D eigenvalue weighted by molar-refractivity contribution is -0.132. The number of amides is 2. The third kappa shape index (κ3) is 4.84. The van der Waals surface area contributed by atoms with Crippen LogP contribution in [0.15, 0.2) is 0 Å². The molecule has 0 aromatic carbocycles. The zero-order chi connectivity index (χ0) is 11.8. The summed E-state index contributed by atoms with van der Waals surface area (Å²) in [5.74, 6) is 0.556. The lowest BCUT2D eigenvalue weighted by atomic mass is 10.2. The number of hydrogen-bond acceptors (Lipinski definition) is 2. The van der Waals surface area contributed by atoms with E-state index in [9.17, 15) is 9.59 Å². The maximum atomic E-state index is 11.6. The fraction of sp³-hybridized carbons (Fsp3) is 0.818. The van der Waals surface area contributed by atoms with Gasteiger partial charge in [0.05, 0.1) is 6.54 Å². The van der Waals surface area contributed by atoms with Gasteiger partial charge in [-0.05, 0) is 25.7 Å². The predicted octanol–water partition coefficient (Wildman–Crippen LogP) is 1.13. The standard InChI is InChI=1S/C11H19ClN2O2/c12-6-2-1-5-10(15)13-9-11(16)14-7-3-4-8-14/h1-9H2,(H,13,15). The molecular formula is C11H19ClN2O2. The summed E-state index contributed by atoms with van der Waals surface area (Å²) >= 11 is 5.51. The first kappa shape index (κ1) is 13.3. The highest BCUT2D eigenvalue weighted by molar-refractivity contribution is 6.17. The lowest BCUT2D eigenvalue weighted by Gasteiger charge is -2.15. The molecule has 16 heavy (non-hydrogen) atoms. The number of hydrogen-bond donors (Lipinski definition) is 1. The molecule has 0 bridgehead atoms. The van der Waals surface area contributed by atoms with Crippen LogP contribution in [0.3, 0.4) is 0 Å². The molecule has 1 aliphatic heterocycles. The van der Waals surface area contributed by atoms with Crippen LogP contribution < -0.4 is 5.32 Å². The van der Waals surface area contributed by atoms with Crippen LogP contribution in [0.5, 0.6) is 0 Å². The van der Waals surface area contributed by atoms with E-state index >= 15 is 0 Å². The Morgan fingerprint density at radius 3 is 2.50 bits per heavy atom. The predicted molar refractivity (Wildman–Crippen MR) is 63.4 cm³/mol. The summed E-state index contributed by atoms with van der Waals surface area (Å²) in [6.45, 7) is 1.81. The SMILES string of the molecule is O=C(CCCCCl)NCC(=O)N1CCCC1. The van der Waals surface area contributed by atoms with Crippen molar-refractivity contribution >= 4 is 23.4 Å². The zero-order valence-electron chi connectivity index (χ0n) is 9.51. The Hall–Kier alpha value is -0.770. The summed E-state index contributed by atoms with van der Waals surface area (Å²) in [5, 5.41) is 2.64. The minimum Gasteiger partial charge on any atom is -0.347 e. The second-order valence-electron chi connectivity index (χ2n) is 4.01. The first-order chi connectivity index (χ1) is 7.74. The summed E-state index contributed by atoms with van der Waals surface area (Å²) in [7, 11) is 0. The monoisotopic (exact) mass is 246 g/mol. The van der Waals surface area contributed by atoms with Crippen LogP contribution in [0.1, 0.15) is 32.1 Å². The third-order valence-corrected chi connectivity index (χ3v) is 2.95. The van der Waals surface area contributed by atoms with Crippen molar-refractivity contribution in [3.05, 3.63) is 0 Å². The molecule has 1 fully saturated rings. The number of unbranched alkanes of at least 4 members (excludes halogenated alkanes) is 1. The molecule has 0 atom stereocenters. The number of alkyl halides is 1. The average molecular weight is 247 g/mol. The van der Waals surface area contributed by atoms with Gasteiger partial charge in [-0.1, -0.05) is 0 Å². The van der Waals surface area contributed by atoms with E-state index in [1.54, 1.807) is 4.90 Å². The van der Waals surface area contributed by atoms with Crippen LogP contribution in [-0.2, 0) is 9.59 Å². The quantitative estimate of drug-likeness (QED) is 0.564. The van der Waals surface area contributed by atoms with Gasteiger partial charge in [0.2, 0.25) is 11.8 Å². The van der Waals surface area contributed by atoms with E-state index in [-0.39, 0.29) is 18.4 Å². The van der Waals surface area contributed by atoms with Gasteiger partial charge >= 0.3 is 0 Å². The van der Waals surface area contributed by atoms with Gasteiger partial charge in [0.1, 0.15) is 0 Å². The Kier molecular flexibility index (Phi) is 6.23. The number of nitrogens with one attached hydrogen (secondary N) is 1. The molecule has 0 unspecified atom stereocenters. The smallest absolute Gasteiger partial charge is 0.241 e. The molecule has 1 aliphatic rings. The number of carbonyl (C=O) groups is 2. The van der Waals surface area contributed by atoms with Crippen LogP contribution in [0.25, 0.3) is 0 Å². The first-order valence-electron chi connectivity index (χ1n) is 5.84. The fourth-order valence-corrected chi connectivity index (χ4v) is 1.91. The summed E-state index contributed by atoms with van der Waals surface area (Å²) in [6, 6.07) is 0. The zero-order valence-corrected chi connectivity index (χ0v) is 10.3. The van der Waals surface area contributed by atoms with Crippen molar-refractivity contribution in [1.29, 1.82) is 0 Å². The van der Waals surface area contributed by atoms with Crippen LogP contribution in [-0.4, -0.2) is 42.2 Å². The van der Waals surface area contributed by atoms with Gasteiger partial charge in [0.15, 0.2) is 0 Å². The Balaban J connectivity index is 2.08. The molecular weight excluding hydrogens is 228 g/mol. The highest BCUT2D eigenvalue weighted by atomic mass is 35.5. The molecule has 5 heteroatoms. The molecule has 4 nitrogen and oxygen atoms in total. The van der Waals surface area contributed by atoms with Crippen molar-refractivity contribution in [2.75, 3.05) is 25.5 Å². The van der Waals surface area contributed by atoms with Crippen LogP contribution >= 0.6 is 11.6 Å². The van der Waals surface area contributed by atoms with Crippen molar-refractivity contribution in [2.45, 2.75) is 32.1 Å². The van der Waals surface area contributed by atoms with Gasteiger partial charge in [0, 0.05) is 25.4 Å². The Morgan fingerprint density at radius 2 is 1.88 bits per heavy atom. The molecule has 0 aromatic rings. The van der Waals surface area contributed by atoms with Gasteiger partial charge < -0.3 is 10.2 Å². The molecule has 0 aromatic heterocycles. The van der Waals surface area contributed by atoms with Gasteiger partial charge in [0.25, 0.3) is 0 Å². The number of nitrogens with zero attached hydrogens (tertiary/aromatic N) is 1. The second kappa shape index (κ2) is 7.49. The van der Waals surface area contributed by atoms with E-state index in [4.69, 9.17) is 11.6 Å². The van der Waals surface area contributed by atoms with E-state index in [2.05, 4.69) is 5.32 Å². The van der Waals surface area contributed by atoms with E-state index in [0.717, 1.165) is 38.8 Å². The van der Waals surface area contributed by atoms with Gasteiger partial charge in [-0.15, -0.1) is 11.6 Å². The molecule has 1 saturated heterocycles. The molecule has 1 N–H and O–H groups in total. The van der Waals surface area contributed by atoms with Gasteiger partial charge in [-0.2, -0.15) is 0 Å². The number of halogens is 1. The van der Waals surface area contributed by atoms with Crippen LogP contribution in [0, 0.1) is 0 Å². The second-order valence-corrected chi connectivity index (χ2v) is 4.39. The van der Waals surface area contributed by atoms with Gasteiger partial charge in [-0.3, -0.25) is 9.59 Å². The van der Waals surface area contributed by atoms with Crippen molar-refractivity contribution in [3.8, 4) is 0 Å². The van der Waals surface area contributed by atoms with E-state index < -0.39 is 0 Å². The molecule has 0 saturated carbocycles. The van der Waals surface area contributed by atoms with Crippen LogP contribution in [0.2, 0.25) is 0 Å². The number of carbonyl (C=O) groups excluding carboxylic acids is 2. The van der Waals surface area contributed by atoms with E-state index in [1.807, 2.05) is 0 Å². The largest absolute Gasteiger partial charge is 0.347 e. The molecule has 0 spiro atoms. The van der Waals surface area contributed by atoms with E-state index in [0.29, 0.717) is 12.3 Å². The summed E-state index contributed by atoms with van der Waals surface area (Å²) in [5.41, 5.74) is 0. The number of rotatable bonds is 6. The van der Waals surface area contributed by atoms with Crippen LogP contribution in [0.4, 0.5) is 0 Å². The maximum absolute atomic E-state index is 11.6. The van der Waals surface area contributed by atoms with Gasteiger partial charge in [-0.25, -0.2) is 0 Å². The highest BCUT2D eigenvalue weighted by Gasteiger charge is 2.17. The summed E-state index contributed by atoms with van der Waals surface area (Å²) in [4.78, 5) is 24.7. The third-order valence-electron chi connectivity index (χ3n) is 2.68. The van der Waals surface area contributed by atoms with Crippen molar-refractivity contribution in [3.63, 3.8) is 0 Å². The summed E-state index contributed by atoms with van der Waals surface area (Å²) in [6.07, 6.45) is 4.24. The topological polar surface area (TPSA) is 49.4 Å². The lowest BCUT2D eigenvalue weighted by Crippen LogP contribution is -2.38. The number of likely N-dealkylation sites (tertiary alicyclic amines) is 1. The molecule has 2 amide bonds. The molecule has 1 heterocycles. The van der Waals surface area contributed by atoms with Crippen molar-refractivity contribution < 1.29 is 9.59 Å².